The van der Waals surface area contributed by atoms with E-state index >= 15 is 0 Å². The Balaban J connectivity index is 2.91. The molecule has 0 spiro atoms. The summed E-state index contributed by atoms with van der Waals surface area (Å²) in [7, 11) is 1.61. The number of nitrogens with two attached hydrogens (primary N) is 1. The van der Waals surface area contributed by atoms with Gasteiger partial charge in [-0.3, -0.25) is 0 Å². The quantitative estimate of drug-likeness (QED) is 0.530. The Morgan fingerprint density at radius 2 is 2.31 bits per heavy atom. The first-order chi connectivity index (χ1) is 7.67. The summed E-state index contributed by atoms with van der Waals surface area (Å²) in [5.74, 6) is 0.741. The molecule has 0 atom stereocenters. The van der Waals surface area contributed by atoms with Crippen LogP contribution in [0.3, 0.4) is 0 Å². The first kappa shape index (κ1) is 13.1. The zero-order valence-corrected chi connectivity index (χ0v) is 11.4. The van der Waals surface area contributed by atoms with Gasteiger partial charge in [0.2, 0.25) is 0 Å². The first-order valence-electron chi connectivity index (χ1n) is 4.41. The zero-order chi connectivity index (χ0) is 12.0. The molecule has 0 bridgehead atoms. The van der Waals surface area contributed by atoms with Gasteiger partial charge in [0.05, 0.1) is 13.3 Å². The van der Waals surface area contributed by atoms with Crippen LogP contribution in [0, 0.1) is 0 Å². The fourth-order valence-corrected chi connectivity index (χ4v) is 1.50. The molecule has 1 aromatic rings. The van der Waals surface area contributed by atoms with Crippen LogP contribution in [0.2, 0.25) is 0 Å². The van der Waals surface area contributed by atoms with Crippen molar-refractivity contribution in [1.82, 2.24) is 0 Å². The maximum atomic E-state index is 5.50. The molecule has 0 aromatic heterocycles. The van der Waals surface area contributed by atoms with Gasteiger partial charge in [0.1, 0.15) is 5.75 Å². The number of nitrogens with zero attached hydrogens (tertiary/aromatic N) is 2. The molecule has 0 heterocycles. The van der Waals surface area contributed by atoms with Gasteiger partial charge in [-0.25, -0.2) is 0 Å². The van der Waals surface area contributed by atoms with Gasteiger partial charge in [0, 0.05) is 10.0 Å². The van der Waals surface area contributed by atoms with Crippen LogP contribution in [0.25, 0.3) is 0 Å². The lowest BCUT2D eigenvalue weighted by atomic mass is 10.2. The van der Waals surface area contributed by atoms with E-state index < -0.39 is 0 Å². The lowest BCUT2D eigenvalue weighted by Gasteiger charge is -2.03. The highest BCUT2D eigenvalue weighted by atomic mass is 79.9. The molecular formula is C10H12BrN3OS. The van der Waals surface area contributed by atoms with Crippen molar-refractivity contribution in [2.75, 3.05) is 13.4 Å². The standard InChI is InChI=1S/C10H12BrN3OS/c1-15-9-4-3-8(11)5-7(9)6-13-14-10(12)16-2/h3-6H,1-2H3,(H2,12,14)/b13-6-. The molecule has 1 aromatic carbocycles. The van der Waals surface area contributed by atoms with Crippen molar-refractivity contribution in [2.45, 2.75) is 0 Å². The summed E-state index contributed by atoms with van der Waals surface area (Å²) in [4.78, 5) is 0. The molecule has 0 aliphatic carbocycles. The Morgan fingerprint density at radius 3 is 2.94 bits per heavy atom. The summed E-state index contributed by atoms with van der Waals surface area (Å²) < 4.78 is 6.14. The zero-order valence-electron chi connectivity index (χ0n) is 8.98. The molecular weight excluding hydrogens is 290 g/mol. The molecule has 86 valence electrons. The van der Waals surface area contributed by atoms with Crippen molar-refractivity contribution in [3.8, 4) is 5.75 Å². The topological polar surface area (TPSA) is 60.0 Å². The Bertz CT molecular complexity index is 421. The van der Waals surface area contributed by atoms with E-state index in [1.54, 1.807) is 13.3 Å². The van der Waals surface area contributed by atoms with E-state index in [9.17, 15) is 0 Å². The third-order valence-corrected chi connectivity index (χ3v) is 2.75. The summed E-state index contributed by atoms with van der Waals surface area (Å²) in [6.07, 6.45) is 3.45. The van der Waals surface area contributed by atoms with Gasteiger partial charge in [-0.15, -0.1) is 5.10 Å². The average Bonchev–Trinajstić information content (AvgIpc) is 2.29. The molecule has 16 heavy (non-hydrogen) atoms. The van der Waals surface area contributed by atoms with Crippen LogP contribution in [-0.4, -0.2) is 24.7 Å². The summed E-state index contributed by atoms with van der Waals surface area (Å²) >= 11 is 4.72. The molecule has 6 heteroatoms. The van der Waals surface area contributed by atoms with Gasteiger partial charge >= 0.3 is 0 Å². The second-order valence-electron chi connectivity index (χ2n) is 2.77. The molecule has 0 saturated heterocycles. The maximum Gasteiger partial charge on any atom is 0.180 e. The summed E-state index contributed by atoms with van der Waals surface area (Å²) in [5, 5.41) is 8.10. The second-order valence-corrected chi connectivity index (χ2v) is 4.52. The normalized spacial score (nSPS) is 12.1. The van der Waals surface area contributed by atoms with Gasteiger partial charge in [0.25, 0.3) is 0 Å². The number of hydrogen-bond donors (Lipinski definition) is 1. The van der Waals surface area contributed by atoms with Crippen LogP contribution < -0.4 is 10.5 Å². The van der Waals surface area contributed by atoms with Crippen molar-refractivity contribution in [2.24, 2.45) is 15.9 Å². The minimum absolute atomic E-state index is 0.421. The van der Waals surface area contributed by atoms with E-state index in [2.05, 4.69) is 26.1 Å². The van der Waals surface area contributed by atoms with Crippen LogP contribution >= 0.6 is 27.7 Å². The van der Waals surface area contributed by atoms with Crippen LogP contribution in [0.5, 0.6) is 5.75 Å². The third-order valence-electron chi connectivity index (χ3n) is 1.75. The highest BCUT2D eigenvalue weighted by molar-refractivity contribution is 9.10. The lowest BCUT2D eigenvalue weighted by molar-refractivity contribution is 0.414. The molecule has 4 nitrogen and oxygen atoms in total. The average molecular weight is 302 g/mol. The Kier molecular flexibility index (Phi) is 5.34. The Labute approximate surface area is 107 Å². The predicted octanol–water partition coefficient (Wildman–Crippen LogP) is 2.47. The van der Waals surface area contributed by atoms with E-state index in [-0.39, 0.29) is 0 Å². The van der Waals surface area contributed by atoms with Gasteiger partial charge in [-0.1, -0.05) is 27.7 Å². The molecule has 1 rings (SSSR count). The van der Waals surface area contributed by atoms with Crippen molar-refractivity contribution >= 4 is 39.1 Å². The largest absolute Gasteiger partial charge is 0.496 e. The molecule has 0 saturated carbocycles. The Morgan fingerprint density at radius 1 is 1.56 bits per heavy atom. The van der Waals surface area contributed by atoms with E-state index in [0.29, 0.717) is 5.17 Å². The minimum Gasteiger partial charge on any atom is -0.496 e. The molecule has 0 aliphatic heterocycles. The maximum absolute atomic E-state index is 5.50. The van der Waals surface area contributed by atoms with E-state index in [4.69, 9.17) is 10.5 Å². The number of benzene rings is 1. The SMILES string of the molecule is COc1ccc(Br)cc1/C=N\N=C(/N)SC. The van der Waals surface area contributed by atoms with Crippen LogP contribution in [0.15, 0.2) is 32.9 Å². The highest BCUT2D eigenvalue weighted by Crippen LogP contribution is 2.21. The first-order valence-corrected chi connectivity index (χ1v) is 6.43. The molecule has 0 unspecified atom stereocenters. The van der Waals surface area contributed by atoms with Gasteiger partial charge < -0.3 is 10.5 Å². The van der Waals surface area contributed by atoms with Crippen molar-refractivity contribution < 1.29 is 4.74 Å². The smallest absolute Gasteiger partial charge is 0.180 e. The number of amidine groups is 1. The fraction of sp³-hybridized carbons (Fsp3) is 0.200. The summed E-state index contributed by atoms with van der Waals surface area (Å²) in [6.45, 7) is 0. The number of methoxy groups -OCH3 is 1. The molecule has 0 amide bonds. The van der Waals surface area contributed by atoms with E-state index in [1.165, 1.54) is 11.8 Å². The fourth-order valence-electron chi connectivity index (χ4n) is 0.995. The molecule has 0 aliphatic rings. The van der Waals surface area contributed by atoms with Crippen LogP contribution in [0.4, 0.5) is 0 Å². The van der Waals surface area contributed by atoms with Crippen molar-refractivity contribution in [1.29, 1.82) is 0 Å². The van der Waals surface area contributed by atoms with Crippen LogP contribution in [-0.2, 0) is 0 Å². The number of rotatable bonds is 3. The molecule has 0 fully saturated rings. The lowest BCUT2D eigenvalue weighted by Crippen LogP contribution is -2.04. The Hall–Kier alpha value is -1.01. The van der Waals surface area contributed by atoms with Crippen molar-refractivity contribution in [3.63, 3.8) is 0 Å². The minimum atomic E-state index is 0.421. The monoisotopic (exact) mass is 301 g/mol. The summed E-state index contributed by atoms with van der Waals surface area (Å²) in [6, 6.07) is 5.65. The predicted molar refractivity (Wildman–Crippen MR) is 73.4 cm³/mol. The van der Waals surface area contributed by atoms with Gasteiger partial charge in [-0.2, -0.15) is 5.10 Å². The van der Waals surface area contributed by atoms with Gasteiger partial charge in [0.15, 0.2) is 5.17 Å². The summed E-state index contributed by atoms with van der Waals surface area (Å²) in [5.41, 5.74) is 6.34. The molecule has 0 radical (unpaired) electrons. The van der Waals surface area contributed by atoms with Crippen molar-refractivity contribution in [3.05, 3.63) is 28.2 Å². The van der Waals surface area contributed by atoms with E-state index in [0.717, 1.165) is 15.8 Å². The molecule has 2 N–H and O–H groups in total. The third kappa shape index (κ3) is 3.86. The van der Waals surface area contributed by atoms with Gasteiger partial charge in [-0.05, 0) is 24.5 Å². The number of halogens is 1. The van der Waals surface area contributed by atoms with E-state index in [1.807, 2.05) is 24.5 Å². The highest BCUT2D eigenvalue weighted by Gasteiger charge is 2.00. The van der Waals surface area contributed by atoms with Crippen LogP contribution in [0.1, 0.15) is 5.56 Å². The number of hydrogen-bond acceptors (Lipinski definition) is 4. The second kappa shape index (κ2) is 6.55. The number of thioether (sulfide) groups is 1. The number of ether oxygens (including phenoxy) is 1.